The van der Waals surface area contributed by atoms with Gasteiger partial charge in [0.15, 0.2) is 23.3 Å². The fraction of sp³-hybridized carbons (Fsp3) is 0.188. The molecular weight excluding hydrogens is 383 g/mol. The van der Waals surface area contributed by atoms with Crippen LogP contribution in [0, 0.1) is 29.1 Å². The molecule has 0 aliphatic heterocycles. The number of methoxy groups -OCH3 is 3. The molecule has 0 bridgehead atoms. The lowest BCUT2D eigenvalue weighted by Crippen LogP contribution is -2.07. The molecule has 2 aromatic rings. The van der Waals surface area contributed by atoms with Crippen molar-refractivity contribution in [3.05, 3.63) is 46.8 Å². The fourth-order valence-corrected chi connectivity index (χ4v) is 2.87. The summed E-state index contributed by atoms with van der Waals surface area (Å²) in [4.78, 5) is 11.1. The normalized spacial score (nSPS) is 10.6. The third-order valence-electron chi connectivity index (χ3n) is 3.28. The Balaban J connectivity index is 2.56. The van der Waals surface area contributed by atoms with Crippen LogP contribution in [0.2, 0.25) is 0 Å². The van der Waals surface area contributed by atoms with E-state index in [9.17, 15) is 26.7 Å². The first kappa shape index (κ1) is 19.8. The summed E-state index contributed by atoms with van der Waals surface area (Å²) in [6, 6.07) is 2.60. The van der Waals surface area contributed by atoms with Crippen molar-refractivity contribution in [1.82, 2.24) is 0 Å². The predicted molar refractivity (Wildman–Crippen MR) is 82.5 cm³/mol. The molecule has 0 aliphatic carbocycles. The molecule has 0 N–H and O–H groups in total. The highest BCUT2D eigenvalue weighted by molar-refractivity contribution is 8.14. The molecule has 0 spiro atoms. The van der Waals surface area contributed by atoms with Crippen LogP contribution in [0.1, 0.15) is 10.4 Å². The van der Waals surface area contributed by atoms with E-state index in [1.54, 1.807) is 0 Å². The van der Waals surface area contributed by atoms with Gasteiger partial charge in [-0.05, 0) is 11.8 Å². The van der Waals surface area contributed by atoms with E-state index in [1.165, 1.54) is 33.5 Å². The second kappa shape index (κ2) is 7.81. The molecule has 0 radical (unpaired) electrons. The van der Waals surface area contributed by atoms with Gasteiger partial charge >= 0.3 is 0 Å². The van der Waals surface area contributed by atoms with E-state index in [-0.39, 0.29) is 34.6 Å². The van der Waals surface area contributed by atoms with E-state index < -0.39 is 39.1 Å². The number of thioether (sulfide) groups is 1. The van der Waals surface area contributed by atoms with Crippen LogP contribution in [0.5, 0.6) is 17.2 Å². The highest BCUT2D eigenvalue weighted by atomic mass is 32.2. The van der Waals surface area contributed by atoms with Gasteiger partial charge in [-0.1, -0.05) is 0 Å². The topological polar surface area (TPSA) is 44.8 Å². The molecule has 0 saturated carbocycles. The van der Waals surface area contributed by atoms with Gasteiger partial charge in [0, 0.05) is 12.1 Å². The molecule has 0 amide bonds. The van der Waals surface area contributed by atoms with Crippen molar-refractivity contribution in [2.45, 2.75) is 4.90 Å². The first-order valence-corrected chi connectivity index (χ1v) is 7.62. The first-order chi connectivity index (χ1) is 12.3. The Hall–Kier alpha value is -2.49. The SMILES string of the molecule is COc1cc(OC)c(C(=O)Sc2c(F)c(F)c(F)c(F)c2F)c(OC)c1. The summed E-state index contributed by atoms with van der Waals surface area (Å²) >= 11 is -0.177. The minimum absolute atomic E-state index is 0.0671. The zero-order valence-corrected chi connectivity index (χ0v) is 14.4. The van der Waals surface area contributed by atoms with Gasteiger partial charge in [-0.15, -0.1) is 0 Å². The van der Waals surface area contributed by atoms with Crippen LogP contribution < -0.4 is 14.2 Å². The van der Waals surface area contributed by atoms with E-state index in [1.807, 2.05) is 0 Å². The van der Waals surface area contributed by atoms with E-state index in [4.69, 9.17) is 14.2 Å². The summed E-state index contributed by atoms with van der Waals surface area (Å²) in [6.07, 6.45) is 0. The Kier molecular flexibility index (Phi) is 5.96. The Morgan fingerprint density at radius 1 is 0.769 bits per heavy atom. The van der Waals surface area contributed by atoms with Crippen molar-refractivity contribution < 1.29 is 41.0 Å². The number of carbonyl (C=O) groups excluding carboxylic acids is 1. The van der Waals surface area contributed by atoms with Crippen molar-refractivity contribution in [3.8, 4) is 17.2 Å². The van der Waals surface area contributed by atoms with Gasteiger partial charge in [-0.25, -0.2) is 22.0 Å². The van der Waals surface area contributed by atoms with Crippen molar-refractivity contribution >= 4 is 16.9 Å². The van der Waals surface area contributed by atoms with Crippen LogP contribution in [0.25, 0.3) is 0 Å². The highest BCUT2D eigenvalue weighted by Gasteiger charge is 2.30. The standard InChI is InChI=1S/C16H11F5O4S/c1-23-6-4-7(24-2)9(8(5-6)25-3)16(22)26-15-13(20)11(18)10(17)12(19)14(15)21/h4-5H,1-3H3. The van der Waals surface area contributed by atoms with Crippen LogP contribution in [-0.4, -0.2) is 26.4 Å². The molecule has 0 heterocycles. The molecule has 0 unspecified atom stereocenters. The largest absolute Gasteiger partial charge is 0.496 e. The monoisotopic (exact) mass is 394 g/mol. The van der Waals surface area contributed by atoms with Crippen molar-refractivity contribution in [1.29, 1.82) is 0 Å². The van der Waals surface area contributed by atoms with E-state index in [0.717, 1.165) is 0 Å². The van der Waals surface area contributed by atoms with E-state index in [2.05, 4.69) is 0 Å². The van der Waals surface area contributed by atoms with Crippen molar-refractivity contribution in [2.75, 3.05) is 21.3 Å². The van der Waals surface area contributed by atoms with E-state index in [0.29, 0.717) is 0 Å². The van der Waals surface area contributed by atoms with Crippen molar-refractivity contribution in [2.24, 2.45) is 0 Å². The average molecular weight is 394 g/mol. The molecule has 4 nitrogen and oxygen atoms in total. The van der Waals surface area contributed by atoms with Crippen LogP contribution in [-0.2, 0) is 0 Å². The van der Waals surface area contributed by atoms with Crippen LogP contribution in [0.4, 0.5) is 22.0 Å². The van der Waals surface area contributed by atoms with Crippen LogP contribution >= 0.6 is 11.8 Å². The summed E-state index contributed by atoms with van der Waals surface area (Å²) in [5.74, 6) is -10.7. The molecular formula is C16H11F5O4S. The quantitative estimate of drug-likeness (QED) is 0.327. The van der Waals surface area contributed by atoms with Gasteiger partial charge in [-0.2, -0.15) is 0 Å². The van der Waals surface area contributed by atoms with Crippen molar-refractivity contribution in [3.63, 3.8) is 0 Å². The second-order valence-corrected chi connectivity index (χ2v) is 5.68. The van der Waals surface area contributed by atoms with Crippen LogP contribution in [0.3, 0.4) is 0 Å². The summed E-state index contributed by atoms with van der Waals surface area (Å²) in [5.41, 5.74) is -0.259. The summed E-state index contributed by atoms with van der Waals surface area (Å²) < 4.78 is 82.3. The molecule has 2 rings (SSSR count). The zero-order valence-electron chi connectivity index (χ0n) is 13.6. The zero-order chi connectivity index (χ0) is 19.6. The Labute approximate surface area is 148 Å². The molecule has 140 valence electrons. The Morgan fingerprint density at radius 2 is 1.19 bits per heavy atom. The van der Waals surface area contributed by atoms with Gasteiger partial charge < -0.3 is 14.2 Å². The summed E-state index contributed by atoms with van der Waals surface area (Å²) in [5, 5.41) is -1.05. The lowest BCUT2D eigenvalue weighted by molar-refractivity contribution is 0.108. The average Bonchev–Trinajstić information content (AvgIpc) is 2.66. The van der Waals surface area contributed by atoms with Gasteiger partial charge in [0.05, 0.1) is 26.2 Å². The number of hydrogen-bond acceptors (Lipinski definition) is 5. The Bertz CT molecular complexity index is 818. The van der Waals surface area contributed by atoms with Gasteiger partial charge in [0.25, 0.3) is 0 Å². The maximum absolute atomic E-state index is 13.8. The lowest BCUT2D eigenvalue weighted by atomic mass is 10.2. The molecule has 0 fully saturated rings. The smallest absolute Gasteiger partial charge is 0.231 e. The number of ether oxygens (including phenoxy) is 3. The molecule has 0 aliphatic rings. The molecule has 26 heavy (non-hydrogen) atoms. The maximum atomic E-state index is 13.8. The molecule has 0 aromatic heterocycles. The third-order valence-corrected chi connectivity index (χ3v) is 4.24. The summed E-state index contributed by atoms with van der Waals surface area (Å²) in [6.45, 7) is 0. The first-order valence-electron chi connectivity index (χ1n) is 6.80. The lowest BCUT2D eigenvalue weighted by Gasteiger charge is -2.14. The summed E-state index contributed by atoms with van der Waals surface area (Å²) in [7, 11) is 3.78. The number of hydrogen-bond donors (Lipinski definition) is 0. The maximum Gasteiger partial charge on any atom is 0.231 e. The minimum atomic E-state index is -2.31. The molecule has 2 aromatic carbocycles. The number of carbonyl (C=O) groups is 1. The number of halogens is 5. The fourth-order valence-electron chi connectivity index (χ4n) is 2.02. The van der Waals surface area contributed by atoms with Gasteiger partial charge in [0.1, 0.15) is 22.8 Å². The Morgan fingerprint density at radius 3 is 1.58 bits per heavy atom. The predicted octanol–water partition coefficient (Wildman–Crippen LogP) is 4.34. The van der Waals surface area contributed by atoms with Gasteiger partial charge in [-0.3, -0.25) is 4.79 Å². The van der Waals surface area contributed by atoms with E-state index >= 15 is 0 Å². The van der Waals surface area contributed by atoms with Gasteiger partial charge in [0.2, 0.25) is 10.9 Å². The molecule has 0 saturated heterocycles. The highest BCUT2D eigenvalue weighted by Crippen LogP contribution is 2.40. The second-order valence-electron chi connectivity index (χ2n) is 4.70. The minimum Gasteiger partial charge on any atom is -0.496 e. The number of rotatable bonds is 5. The molecule has 10 heteroatoms. The van der Waals surface area contributed by atoms with Crippen LogP contribution in [0.15, 0.2) is 17.0 Å². The third kappa shape index (κ3) is 3.41. The molecule has 0 atom stereocenters. The number of benzene rings is 2.